The molecule has 0 heterocycles. The van der Waals surface area contributed by atoms with Crippen LogP contribution in [0.3, 0.4) is 0 Å². The minimum Gasteiger partial charge on any atom is -0.352 e. The molecule has 3 unspecified atom stereocenters. The average molecular weight is 383 g/mol. The number of amides is 1. The molecular weight excluding hydrogens is 352 g/mol. The molecule has 2 bridgehead atoms. The summed E-state index contributed by atoms with van der Waals surface area (Å²) >= 11 is 1.69. The van der Waals surface area contributed by atoms with E-state index in [4.69, 9.17) is 5.73 Å². The van der Waals surface area contributed by atoms with Crippen molar-refractivity contribution in [3.63, 3.8) is 0 Å². The second-order valence-electron chi connectivity index (χ2n) is 7.81. The fourth-order valence-electron chi connectivity index (χ4n) is 4.41. The fraction of sp³-hybridized carbons (Fsp3) is 0.650. The molecule has 140 valence electrons. The Bertz CT molecular complexity index is 540. The number of hydrogen-bond acceptors (Lipinski definition) is 3. The van der Waals surface area contributed by atoms with E-state index in [-0.39, 0.29) is 23.6 Å². The molecule has 0 aromatic heterocycles. The summed E-state index contributed by atoms with van der Waals surface area (Å²) in [5.74, 6) is 1.66. The predicted octanol–water partition coefficient (Wildman–Crippen LogP) is 4.25. The minimum atomic E-state index is -0.0382. The molecule has 2 aliphatic carbocycles. The van der Waals surface area contributed by atoms with E-state index in [9.17, 15) is 4.79 Å². The topological polar surface area (TPSA) is 55.1 Å². The van der Waals surface area contributed by atoms with Gasteiger partial charge in [-0.1, -0.05) is 38.5 Å². The Morgan fingerprint density at radius 2 is 1.76 bits per heavy atom. The van der Waals surface area contributed by atoms with Crippen molar-refractivity contribution >= 4 is 30.1 Å². The van der Waals surface area contributed by atoms with Crippen LogP contribution in [0.4, 0.5) is 0 Å². The number of benzene rings is 1. The molecule has 3 atom stereocenters. The predicted molar refractivity (Wildman–Crippen MR) is 108 cm³/mol. The fourth-order valence-corrected chi connectivity index (χ4v) is 5.46. The number of carbonyl (C=O) groups excluding carboxylic acids is 1. The van der Waals surface area contributed by atoms with Crippen molar-refractivity contribution in [1.29, 1.82) is 0 Å². The molecule has 0 radical (unpaired) electrons. The van der Waals surface area contributed by atoms with Crippen LogP contribution in [0.2, 0.25) is 0 Å². The standard InChI is InChI=1S/C20H30N2OS.ClH/c1-13(2)19(24-17-9-4-3-5-10-17)20(23)22-18-14-7-6-8-15(18)12-16(21)11-14;/h3-5,9-10,13-16,18-19H,6-8,11-12,21H2,1-2H3,(H,22,23);1H. The van der Waals surface area contributed by atoms with Crippen LogP contribution in [-0.4, -0.2) is 23.2 Å². The molecule has 3 nitrogen and oxygen atoms in total. The van der Waals surface area contributed by atoms with Gasteiger partial charge in [0, 0.05) is 17.0 Å². The SMILES string of the molecule is CC(C)C(Sc1ccccc1)C(=O)NC1C2CCCC1CC(N)C2.Cl. The Morgan fingerprint density at radius 3 is 2.32 bits per heavy atom. The third-order valence-electron chi connectivity index (χ3n) is 5.56. The van der Waals surface area contributed by atoms with Gasteiger partial charge in [0.05, 0.1) is 5.25 Å². The van der Waals surface area contributed by atoms with Crippen LogP contribution in [0.15, 0.2) is 35.2 Å². The molecule has 0 aliphatic heterocycles. The van der Waals surface area contributed by atoms with Gasteiger partial charge in [0.25, 0.3) is 0 Å². The maximum atomic E-state index is 13.0. The third-order valence-corrected chi connectivity index (χ3v) is 7.11. The summed E-state index contributed by atoms with van der Waals surface area (Å²) in [6, 6.07) is 10.9. The van der Waals surface area contributed by atoms with Crippen LogP contribution in [0.5, 0.6) is 0 Å². The molecule has 1 amide bonds. The quantitative estimate of drug-likeness (QED) is 0.748. The maximum absolute atomic E-state index is 13.0. The van der Waals surface area contributed by atoms with Gasteiger partial charge in [-0.05, 0) is 55.6 Å². The van der Waals surface area contributed by atoms with Crippen LogP contribution in [0.1, 0.15) is 46.0 Å². The summed E-state index contributed by atoms with van der Waals surface area (Å²) in [7, 11) is 0. The molecular formula is C20H31ClN2OS. The maximum Gasteiger partial charge on any atom is 0.233 e. The highest BCUT2D eigenvalue weighted by molar-refractivity contribution is 8.00. The van der Waals surface area contributed by atoms with Crippen LogP contribution in [0.25, 0.3) is 0 Å². The number of hydrogen-bond donors (Lipinski definition) is 2. The number of halogens is 1. The zero-order valence-corrected chi connectivity index (χ0v) is 16.8. The lowest BCUT2D eigenvalue weighted by atomic mass is 9.67. The van der Waals surface area contributed by atoms with Crippen LogP contribution in [0, 0.1) is 17.8 Å². The number of thioether (sulfide) groups is 1. The molecule has 5 heteroatoms. The van der Waals surface area contributed by atoms with Gasteiger partial charge in [-0.3, -0.25) is 4.79 Å². The Hall–Kier alpha value is -0.710. The van der Waals surface area contributed by atoms with Gasteiger partial charge in [0.1, 0.15) is 0 Å². The van der Waals surface area contributed by atoms with Gasteiger partial charge in [0.15, 0.2) is 0 Å². The highest BCUT2D eigenvalue weighted by atomic mass is 35.5. The second-order valence-corrected chi connectivity index (χ2v) is 9.03. The number of fused-ring (bicyclic) bond motifs is 2. The first kappa shape index (κ1) is 20.6. The second kappa shape index (κ2) is 9.29. The summed E-state index contributed by atoms with van der Waals surface area (Å²) in [5.41, 5.74) is 6.21. The van der Waals surface area contributed by atoms with Crippen LogP contribution in [-0.2, 0) is 4.79 Å². The first-order valence-corrected chi connectivity index (χ1v) is 10.2. The number of nitrogens with two attached hydrogens (primary N) is 1. The Balaban J connectivity index is 0.00000225. The summed E-state index contributed by atoms with van der Waals surface area (Å²) < 4.78 is 0. The van der Waals surface area contributed by atoms with Crippen molar-refractivity contribution in [3.05, 3.63) is 30.3 Å². The average Bonchev–Trinajstić information content (AvgIpc) is 2.54. The molecule has 3 rings (SSSR count). The summed E-state index contributed by atoms with van der Waals surface area (Å²) in [4.78, 5) is 14.2. The van der Waals surface area contributed by atoms with Crippen molar-refractivity contribution in [3.8, 4) is 0 Å². The van der Waals surface area contributed by atoms with Crippen molar-refractivity contribution in [2.75, 3.05) is 0 Å². The number of nitrogens with one attached hydrogen (secondary N) is 1. The van der Waals surface area contributed by atoms with Crippen molar-refractivity contribution in [1.82, 2.24) is 5.32 Å². The normalized spacial score (nSPS) is 29.6. The first-order chi connectivity index (χ1) is 11.5. The summed E-state index contributed by atoms with van der Waals surface area (Å²) in [6.07, 6.45) is 5.86. The molecule has 2 aliphatic rings. The zero-order chi connectivity index (χ0) is 17.1. The largest absolute Gasteiger partial charge is 0.352 e. The highest BCUT2D eigenvalue weighted by Gasteiger charge is 2.40. The molecule has 0 saturated heterocycles. The van der Waals surface area contributed by atoms with E-state index in [1.165, 1.54) is 19.3 Å². The molecule has 1 aromatic carbocycles. The molecule has 2 saturated carbocycles. The molecule has 2 fully saturated rings. The van der Waals surface area contributed by atoms with Gasteiger partial charge >= 0.3 is 0 Å². The van der Waals surface area contributed by atoms with Gasteiger partial charge < -0.3 is 11.1 Å². The van der Waals surface area contributed by atoms with Gasteiger partial charge in [-0.25, -0.2) is 0 Å². The van der Waals surface area contributed by atoms with E-state index in [1.54, 1.807) is 11.8 Å². The molecule has 3 N–H and O–H groups in total. The van der Waals surface area contributed by atoms with Gasteiger partial charge in [-0.15, -0.1) is 24.2 Å². The number of carbonyl (C=O) groups is 1. The lowest BCUT2D eigenvalue weighted by molar-refractivity contribution is -0.123. The van der Waals surface area contributed by atoms with Crippen molar-refractivity contribution < 1.29 is 4.79 Å². The molecule has 0 spiro atoms. The smallest absolute Gasteiger partial charge is 0.233 e. The highest BCUT2D eigenvalue weighted by Crippen LogP contribution is 2.40. The number of rotatable bonds is 5. The summed E-state index contributed by atoms with van der Waals surface area (Å²) in [5, 5.41) is 3.39. The van der Waals surface area contributed by atoms with E-state index in [1.807, 2.05) is 18.2 Å². The Labute approximate surface area is 162 Å². The van der Waals surface area contributed by atoms with E-state index >= 15 is 0 Å². The van der Waals surface area contributed by atoms with E-state index in [0.29, 0.717) is 29.8 Å². The van der Waals surface area contributed by atoms with Crippen LogP contribution < -0.4 is 11.1 Å². The van der Waals surface area contributed by atoms with E-state index in [0.717, 1.165) is 17.7 Å². The Morgan fingerprint density at radius 1 is 1.16 bits per heavy atom. The first-order valence-electron chi connectivity index (χ1n) is 9.32. The Kier molecular flexibility index (Phi) is 7.66. The lowest BCUT2D eigenvalue weighted by Gasteiger charge is -2.45. The van der Waals surface area contributed by atoms with Gasteiger partial charge in [-0.2, -0.15) is 0 Å². The molecule has 1 aromatic rings. The van der Waals surface area contributed by atoms with E-state index < -0.39 is 0 Å². The monoisotopic (exact) mass is 382 g/mol. The van der Waals surface area contributed by atoms with Crippen molar-refractivity contribution in [2.45, 2.75) is 68.2 Å². The summed E-state index contributed by atoms with van der Waals surface area (Å²) in [6.45, 7) is 4.27. The lowest BCUT2D eigenvalue weighted by Crippen LogP contribution is -2.55. The third kappa shape index (κ3) is 5.15. The van der Waals surface area contributed by atoms with Crippen LogP contribution >= 0.6 is 24.2 Å². The molecule has 25 heavy (non-hydrogen) atoms. The zero-order valence-electron chi connectivity index (χ0n) is 15.2. The minimum absolute atomic E-state index is 0. The van der Waals surface area contributed by atoms with Crippen molar-refractivity contribution in [2.24, 2.45) is 23.5 Å². The van der Waals surface area contributed by atoms with E-state index in [2.05, 4.69) is 31.3 Å². The van der Waals surface area contributed by atoms with Gasteiger partial charge in [0.2, 0.25) is 5.91 Å².